The molecule has 12 nitrogen and oxygen atoms in total. The number of aldehydes is 1. The van der Waals surface area contributed by atoms with E-state index in [0.717, 1.165) is 11.1 Å². The number of ether oxygens (including phenoxy) is 4. The molecule has 3 rings (SSSR count). The predicted molar refractivity (Wildman–Crippen MR) is 167 cm³/mol. The third kappa shape index (κ3) is 11.8. The number of nitrogens with two attached hydrogens (primary N) is 1. The van der Waals surface area contributed by atoms with Crippen LogP contribution in [0.4, 0.5) is 13.2 Å². The Kier molecular flexibility index (Phi) is 16.0. The van der Waals surface area contributed by atoms with Crippen LogP contribution < -0.4 is 15.8 Å². The van der Waals surface area contributed by atoms with Gasteiger partial charge in [0.2, 0.25) is 12.2 Å². The Morgan fingerprint density at radius 3 is 2.33 bits per heavy atom. The summed E-state index contributed by atoms with van der Waals surface area (Å²) in [5, 5.41) is 33.0. The maximum absolute atomic E-state index is 13.1. The van der Waals surface area contributed by atoms with E-state index in [2.05, 4.69) is 5.32 Å². The lowest BCUT2D eigenvalue weighted by atomic mass is 9.99. The lowest BCUT2D eigenvalue weighted by Crippen LogP contribution is -2.60. The highest BCUT2D eigenvalue weighted by Crippen LogP contribution is 2.39. The van der Waals surface area contributed by atoms with Crippen molar-refractivity contribution in [2.24, 2.45) is 11.7 Å². The topological polar surface area (TPSA) is 187 Å². The zero-order valence-corrected chi connectivity index (χ0v) is 28.0. The summed E-state index contributed by atoms with van der Waals surface area (Å²) in [4.78, 5) is 34.0. The van der Waals surface area contributed by atoms with E-state index in [9.17, 15) is 38.1 Å². The number of methoxy groups -OCH3 is 1. The van der Waals surface area contributed by atoms with Crippen molar-refractivity contribution in [1.29, 1.82) is 0 Å². The van der Waals surface area contributed by atoms with E-state index in [1.807, 2.05) is 38.1 Å². The molecule has 268 valence electrons. The number of carbonyl (C=O) groups is 3. The highest BCUT2D eigenvalue weighted by molar-refractivity contribution is 6.38. The lowest BCUT2D eigenvalue weighted by Gasteiger charge is -2.40. The number of nitrogens with one attached hydrogen (secondary N) is 1. The first-order valence-electron chi connectivity index (χ1n) is 14.6. The van der Waals surface area contributed by atoms with Crippen LogP contribution in [-0.4, -0.2) is 90.1 Å². The molecule has 0 radical (unpaired) electrons. The van der Waals surface area contributed by atoms with E-state index in [4.69, 9.17) is 52.7 Å². The van der Waals surface area contributed by atoms with Crippen molar-refractivity contribution in [3.63, 3.8) is 0 Å². The van der Waals surface area contributed by atoms with Gasteiger partial charge < -0.3 is 45.3 Å². The van der Waals surface area contributed by atoms with Crippen molar-refractivity contribution < 1.29 is 61.8 Å². The second kappa shape index (κ2) is 18.7. The third-order valence-electron chi connectivity index (χ3n) is 6.98. The van der Waals surface area contributed by atoms with Crippen LogP contribution in [0.25, 0.3) is 0 Å². The standard InChI is InChI=1S/C29H38Cl2N2O9.C2HF3O/c1-14(2)8-20(32)27(37)33-11-16-6-5-7-17(9-16)13-40-25-19(30)10-18(15(3)22(25)31)28(38)42-26-24(36)23(35)21(12-34)41-29(26)39-4;3-2(4,5)1-6/h5-7,9-10,14,20-21,23-24,26,29,34-36H,8,11-13,32H2,1-4H3,(H,33,37);1H/t20-,21+,23+,24-,26+,29-;/m0./s1. The number of benzene rings is 2. The smallest absolute Gasteiger partial charge is 0.446 e. The van der Waals surface area contributed by atoms with Crippen LogP contribution in [0.1, 0.15) is 47.3 Å². The Hall–Kier alpha value is -3.02. The van der Waals surface area contributed by atoms with Gasteiger partial charge in [0.1, 0.15) is 24.9 Å². The fraction of sp³-hybridized carbons (Fsp3) is 0.516. The average Bonchev–Trinajstić information content (AvgIpc) is 3.03. The zero-order chi connectivity index (χ0) is 36.3. The zero-order valence-electron chi connectivity index (χ0n) is 26.5. The number of aliphatic hydroxyl groups excluding tert-OH is 3. The molecule has 1 aliphatic rings. The van der Waals surface area contributed by atoms with E-state index >= 15 is 0 Å². The minimum absolute atomic E-state index is 0.00610. The van der Waals surface area contributed by atoms with E-state index < -0.39 is 61.8 Å². The molecule has 2 aromatic carbocycles. The van der Waals surface area contributed by atoms with Gasteiger partial charge in [0, 0.05) is 13.7 Å². The average molecular weight is 728 g/mol. The Labute approximate surface area is 285 Å². The molecule has 0 spiro atoms. The summed E-state index contributed by atoms with van der Waals surface area (Å²) in [7, 11) is 1.27. The van der Waals surface area contributed by atoms with E-state index in [1.165, 1.54) is 13.2 Å². The Balaban J connectivity index is 0.00000122. The predicted octanol–water partition coefficient (Wildman–Crippen LogP) is 3.23. The normalized spacial score (nSPS) is 21.5. The molecular formula is C31H39Cl2F3N2O10. The molecule has 1 heterocycles. The van der Waals surface area contributed by atoms with Crippen molar-refractivity contribution in [3.05, 3.63) is 62.6 Å². The van der Waals surface area contributed by atoms with Crippen molar-refractivity contribution in [1.82, 2.24) is 5.32 Å². The summed E-state index contributed by atoms with van der Waals surface area (Å²) in [5.41, 5.74) is 7.91. The van der Waals surface area contributed by atoms with Gasteiger partial charge in [0.15, 0.2) is 18.1 Å². The van der Waals surface area contributed by atoms with Crippen LogP contribution in [0.3, 0.4) is 0 Å². The summed E-state index contributed by atoms with van der Waals surface area (Å²) in [6.45, 7) is 5.42. The molecule has 1 aliphatic heterocycles. The van der Waals surface area contributed by atoms with Crippen molar-refractivity contribution in [3.8, 4) is 5.75 Å². The van der Waals surface area contributed by atoms with Gasteiger partial charge in [-0.2, -0.15) is 13.2 Å². The van der Waals surface area contributed by atoms with Crippen LogP contribution >= 0.6 is 23.2 Å². The van der Waals surface area contributed by atoms with Gasteiger partial charge in [0.05, 0.1) is 28.3 Å². The highest BCUT2D eigenvalue weighted by Gasteiger charge is 2.47. The minimum atomic E-state index is -4.64. The summed E-state index contributed by atoms with van der Waals surface area (Å²) in [5.74, 6) is -0.644. The first-order chi connectivity index (χ1) is 22.4. The molecule has 17 heteroatoms. The van der Waals surface area contributed by atoms with Gasteiger partial charge in [-0.15, -0.1) is 0 Å². The van der Waals surface area contributed by atoms with Gasteiger partial charge in [-0.25, -0.2) is 4.79 Å². The second-order valence-electron chi connectivity index (χ2n) is 11.2. The lowest BCUT2D eigenvalue weighted by molar-refractivity contribution is -0.293. The number of amides is 1. The van der Waals surface area contributed by atoms with Gasteiger partial charge in [-0.05, 0) is 42.0 Å². The molecule has 2 aromatic rings. The molecule has 0 aliphatic carbocycles. The molecule has 6 N–H and O–H groups in total. The summed E-state index contributed by atoms with van der Waals surface area (Å²) in [6.07, 6.45) is -12.0. The maximum Gasteiger partial charge on any atom is 0.446 e. The van der Waals surface area contributed by atoms with E-state index in [-0.39, 0.29) is 33.9 Å². The molecule has 0 aromatic heterocycles. The molecule has 0 bridgehead atoms. The number of alkyl halides is 3. The number of rotatable bonds is 12. The molecule has 0 saturated carbocycles. The van der Waals surface area contributed by atoms with Crippen LogP contribution in [-0.2, 0) is 37.0 Å². The first kappa shape index (κ1) is 41.2. The molecular weight excluding hydrogens is 688 g/mol. The monoisotopic (exact) mass is 726 g/mol. The third-order valence-corrected chi connectivity index (χ3v) is 7.71. The molecule has 0 unspecified atom stereocenters. The largest absolute Gasteiger partial charge is 0.486 e. The first-order valence-corrected chi connectivity index (χ1v) is 15.3. The summed E-state index contributed by atoms with van der Waals surface area (Å²) >= 11 is 13.0. The van der Waals surface area contributed by atoms with Gasteiger partial charge >= 0.3 is 12.1 Å². The Morgan fingerprint density at radius 1 is 1.15 bits per heavy atom. The number of halogens is 5. The number of aliphatic hydroxyl groups is 3. The van der Waals surface area contributed by atoms with Gasteiger partial charge in [-0.3, -0.25) is 9.59 Å². The number of hydrogen-bond donors (Lipinski definition) is 5. The summed E-state index contributed by atoms with van der Waals surface area (Å²) < 4.78 is 53.1. The molecule has 1 saturated heterocycles. The molecule has 1 fully saturated rings. The van der Waals surface area contributed by atoms with Crippen LogP contribution in [0.2, 0.25) is 10.0 Å². The quantitative estimate of drug-likeness (QED) is 0.160. The number of esters is 1. The SMILES string of the molecule is CO[C@H]1O[C@H](CO)[C@@H](O)[C@H](O)[C@H]1OC(=O)c1cc(Cl)c(OCc2cccc(CNC(=O)[C@@H](N)CC(C)C)c2)c(Cl)c1C.O=CC(F)(F)F. The van der Waals surface area contributed by atoms with Crippen molar-refractivity contribution >= 4 is 41.4 Å². The Bertz CT molecular complexity index is 1400. The van der Waals surface area contributed by atoms with Crippen LogP contribution in [0.5, 0.6) is 5.75 Å². The van der Waals surface area contributed by atoms with Crippen molar-refractivity contribution in [2.45, 2.75) is 83.3 Å². The molecule has 6 atom stereocenters. The van der Waals surface area contributed by atoms with Gasteiger partial charge in [0.25, 0.3) is 0 Å². The molecule has 48 heavy (non-hydrogen) atoms. The van der Waals surface area contributed by atoms with Crippen molar-refractivity contribution in [2.75, 3.05) is 13.7 Å². The fourth-order valence-corrected chi connectivity index (χ4v) is 5.08. The molecule has 1 amide bonds. The minimum Gasteiger partial charge on any atom is -0.486 e. The summed E-state index contributed by atoms with van der Waals surface area (Å²) in [6, 6.07) is 8.17. The highest BCUT2D eigenvalue weighted by atomic mass is 35.5. The van der Waals surface area contributed by atoms with E-state index in [0.29, 0.717) is 24.4 Å². The van der Waals surface area contributed by atoms with E-state index in [1.54, 1.807) is 6.92 Å². The second-order valence-corrected chi connectivity index (χ2v) is 12.0. The van der Waals surface area contributed by atoms with Gasteiger partial charge in [-0.1, -0.05) is 61.3 Å². The Morgan fingerprint density at radius 2 is 1.77 bits per heavy atom. The number of carbonyl (C=O) groups excluding carboxylic acids is 3. The number of hydrogen-bond acceptors (Lipinski definition) is 11. The maximum atomic E-state index is 13.1. The van der Waals surface area contributed by atoms with Crippen LogP contribution in [0, 0.1) is 12.8 Å². The van der Waals surface area contributed by atoms with Crippen LogP contribution in [0.15, 0.2) is 30.3 Å². The fourth-order valence-electron chi connectivity index (χ4n) is 4.52.